The maximum atomic E-state index is 13.4. The van der Waals surface area contributed by atoms with E-state index in [4.69, 9.17) is 0 Å². The first-order chi connectivity index (χ1) is 16.1. The molecule has 1 N–H and O–H groups in total. The average Bonchev–Trinajstić information content (AvgIpc) is 3.48. The van der Waals surface area contributed by atoms with Crippen molar-refractivity contribution < 1.29 is 4.79 Å². The van der Waals surface area contributed by atoms with Crippen LogP contribution in [-0.4, -0.2) is 15.5 Å². The molecular formula is C26H21N3O2S2. The molecular weight excluding hydrogens is 450 g/mol. The smallest absolute Gasteiger partial charge is 0.263 e. The van der Waals surface area contributed by atoms with Gasteiger partial charge in [0.15, 0.2) is 0 Å². The molecule has 0 aliphatic heterocycles. The highest BCUT2D eigenvalue weighted by Gasteiger charge is 2.20. The third-order valence-electron chi connectivity index (χ3n) is 5.50. The second-order valence-corrected chi connectivity index (χ2v) is 9.87. The SMILES string of the molecule is Cc1sc2ncn(CC(=O)N[C@@H](c3ccccc3)c3cccs3)c(=O)c2c1-c1ccccc1. The number of aryl methyl sites for hydroxylation is 1. The number of hydrogen-bond donors (Lipinski definition) is 1. The van der Waals surface area contributed by atoms with E-state index in [9.17, 15) is 9.59 Å². The quantitative estimate of drug-likeness (QED) is 0.361. The van der Waals surface area contributed by atoms with Crippen LogP contribution in [0.3, 0.4) is 0 Å². The Hall–Kier alpha value is -3.55. The zero-order valence-corrected chi connectivity index (χ0v) is 19.5. The summed E-state index contributed by atoms with van der Waals surface area (Å²) < 4.78 is 1.40. The summed E-state index contributed by atoms with van der Waals surface area (Å²) in [4.78, 5) is 33.7. The lowest BCUT2D eigenvalue weighted by Gasteiger charge is -2.18. The summed E-state index contributed by atoms with van der Waals surface area (Å²) in [6.07, 6.45) is 1.47. The molecule has 0 unspecified atom stereocenters. The Kier molecular flexibility index (Phi) is 5.90. The Bertz CT molecular complexity index is 1460. The zero-order valence-electron chi connectivity index (χ0n) is 17.9. The molecule has 0 fully saturated rings. The fourth-order valence-electron chi connectivity index (χ4n) is 3.98. The van der Waals surface area contributed by atoms with Crippen molar-refractivity contribution in [3.8, 4) is 11.1 Å². The van der Waals surface area contributed by atoms with Gasteiger partial charge in [-0.15, -0.1) is 22.7 Å². The molecule has 33 heavy (non-hydrogen) atoms. The number of amides is 1. The normalized spacial score (nSPS) is 12.0. The molecule has 0 radical (unpaired) electrons. The molecule has 2 aromatic carbocycles. The summed E-state index contributed by atoms with van der Waals surface area (Å²) in [5.41, 5.74) is 2.66. The van der Waals surface area contributed by atoms with E-state index in [1.165, 1.54) is 22.2 Å². The van der Waals surface area contributed by atoms with E-state index in [0.29, 0.717) is 10.2 Å². The molecule has 0 saturated heterocycles. The van der Waals surface area contributed by atoms with Crippen molar-refractivity contribution in [2.45, 2.75) is 19.5 Å². The standard InChI is InChI=1S/C26H21N3O2S2/c1-17-22(18-9-4-2-5-10-18)23-25(33-17)27-16-29(26(23)31)15-21(30)28-24(20-13-8-14-32-20)19-11-6-3-7-12-19/h2-14,16,24H,15H2,1H3,(H,28,30)/t24-/m0/s1. The molecule has 5 rings (SSSR count). The van der Waals surface area contributed by atoms with Crippen LogP contribution >= 0.6 is 22.7 Å². The van der Waals surface area contributed by atoms with Crippen molar-refractivity contribution in [3.05, 3.63) is 110 Å². The summed E-state index contributed by atoms with van der Waals surface area (Å²) in [7, 11) is 0. The summed E-state index contributed by atoms with van der Waals surface area (Å²) in [5, 5.41) is 5.65. The van der Waals surface area contributed by atoms with E-state index < -0.39 is 0 Å². The number of aromatic nitrogens is 2. The number of hydrogen-bond acceptors (Lipinski definition) is 5. The van der Waals surface area contributed by atoms with Crippen LogP contribution in [0.5, 0.6) is 0 Å². The van der Waals surface area contributed by atoms with E-state index in [0.717, 1.165) is 26.4 Å². The van der Waals surface area contributed by atoms with Crippen molar-refractivity contribution in [1.29, 1.82) is 0 Å². The van der Waals surface area contributed by atoms with Gasteiger partial charge in [0.1, 0.15) is 11.4 Å². The van der Waals surface area contributed by atoms with E-state index in [-0.39, 0.29) is 24.1 Å². The number of nitrogens with one attached hydrogen (secondary N) is 1. The second kappa shape index (κ2) is 9.13. The van der Waals surface area contributed by atoms with Crippen LogP contribution in [0.4, 0.5) is 0 Å². The molecule has 1 amide bonds. The van der Waals surface area contributed by atoms with Crippen molar-refractivity contribution in [2.75, 3.05) is 0 Å². The van der Waals surface area contributed by atoms with E-state index in [1.54, 1.807) is 11.3 Å². The number of fused-ring (bicyclic) bond motifs is 1. The summed E-state index contributed by atoms with van der Waals surface area (Å²) in [6, 6.07) is 23.4. The summed E-state index contributed by atoms with van der Waals surface area (Å²) in [5.74, 6) is -0.242. The number of carbonyl (C=O) groups is 1. The van der Waals surface area contributed by atoms with Crippen LogP contribution in [0.2, 0.25) is 0 Å². The van der Waals surface area contributed by atoms with E-state index in [2.05, 4.69) is 10.3 Å². The minimum atomic E-state index is -0.269. The van der Waals surface area contributed by atoms with Gasteiger partial charge in [0.2, 0.25) is 5.91 Å². The monoisotopic (exact) mass is 471 g/mol. The molecule has 5 aromatic rings. The van der Waals surface area contributed by atoms with Gasteiger partial charge in [-0.1, -0.05) is 66.7 Å². The summed E-state index contributed by atoms with van der Waals surface area (Å²) >= 11 is 3.09. The van der Waals surface area contributed by atoms with Crippen molar-refractivity contribution >= 4 is 38.8 Å². The molecule has 0 aliphatic rings. The van der Waals surface area contributed by atoms with E-state index in [1.807, 2.05) is 85.1 Å². The molecule has 0 aliphatic carbocycles. The van der Waals surface area contributed by atoms with Gasteiger partial charge in [0, 0.05) is 15.3 Å². The van der Waals surface area contributed by atoms with E-state index >= 15 is 0 Å². The van der Waals surface area contributed by atoms with Crippen molar-refractivity contribution in [3.63, 3.8) is 0 Å². The molecule has 0 spiro atoms. The van der Waals surface area contributed by atoms with Crippen LogP contribution < -0.4 is 10.9 Å². The molecule has 0 saturated carbocycles. The third-order valence-corrected chi connectivity index (χ3v) is 7.45. The van der Waals surface area contributed by atoms with Crippen LogP contribution in [0.1, 0.15) is 21.4 Å². The molecule has 0 bridgehead atoms. The molecule has 3 heterocycles. The van der Waals surface area contributed by atoms with Crippen LogP contribution in [0.25, 0.3) is 21.3 Å². The van der Waals surface area contributed by atoms with Gasteiger partial charge >= 0.3 is 0 Å². The topological polar surface area (TPSA) is 64.0 Å². The molecule has 3 aromatic heterocycles. The average molecular weight is 472 g/mol. The molecule has 164 valence electrons. The predicted molar refractivity (Wildman–Crippen MR) is 135 cm³/mol. The van der Waals surface area contributed by atoms with Crippen LogP contribution in [-0.2, 0) is 11.3 Å². The maximum absolute atomic E-state index is 13.4. The summed E-state index contributed by atoms with van der Waals surface area (Å²) in [6.45, 7) is 1.90. The first-order valence-electron chi connectivity index (χ1n) is 10.5. The first kappa shape index (κ1) is 21.3. The van der Waals surface area contributed by atoms with Gasteiger partial charge in [0.25, 0.3) is 5.56 Å². The fourth-order valence-corrected chi connectivity index (χ4v) is 5.79. The maximum Gasteiger partial charge on any atom is 0.263 e. The van der Waals surface area contributed by atoms with Gasteiger partial charge < -0.3 is 5.32 Å². The highest BCUT2D eigenvalue weighted by molar-refractivity contribution is 7.19. The first-order valence-corrected chi connectivity index (χ1v) is 12.2. The lowest BCUT2D eigenvalue weighted by atomic mass is 10.0. The lowest BCUT2D eigenvalue weighted by molar-refractivity contribution is -0.122. The van der Waals surface area contributed by atoms with Gasteiger partial charge in [0.05, 0.1) is 17.8 Å². The number of carbonyl (C=O) groups excluding carboxylic acids is 1. The Balaban J connectivity index is 1.47. The Morgan fingerprint density at radius 3 is 2.45 bits per heavy atom. The minimum absolute atomic E-state index is 0.0976. The highest BCUT2D eigenvalue weighted by Crippen LogP contribution is 2.35. The van der Waals surface area contributed by atoms with Gasteiger partial charge in [-0.25, -0.2) is 4.98 Å². The fraction of sp³-hybridized carbons (Fsp3) is 0.115. The molecule has 5 nitrogen and oxygen atoms in total. The van der Waals surface area contributed by atoms with Gasteiger partial charge in [-0.05, 0) is 29.5 Å². The number of rotatable bonds is 6. The number of nitrogens with zero attached hydrogens (tertiary/aromatic N) is 2. The van der Waals surface area contributed by atoms with Crippen molar-refractivity contribution in [2.24, 2.45) is 0 Å². The number of benzene rings is 2. The lowest BCUT2D eigenvalue weighted by Crippen LogP contribution is -2.35. The predicted octanol–water partition coefficient (Wildman–Crippen LogP) is 5.40. The highest BCUT2D eigenvalue weighted by atomic mass is 32.1. The second-order valence-electron chi connectivity index (χ2n) is 7.68. The Morgan fingerprint density at radius 2 is 1.76 bits per heavy atom. The number of thiophene rings is 2. The Labute approximate surface area is 199 Å². The third kappa shape index (κ3) is 4.25. The molecule has 7 heteroatoms. The van der Waals surface area contributed by atoms with Crippen molar-refractivity contribution in [1.82, 2.24) is 14.9 Å². The Morgan fingerprint density at radius 1 is 1.03 bits per heavy atom. The van der Waals surface area contributed by atoms with Gasteiger partial charge in [-0.2, -0.15) is 0 Å². The van der Waals surface area contributed by atoms with Gasteiger partial charge in [-0.3, -0.25) is 14.2 Å². The van der Waals surface area contributed by atoms with Crippen LogP contribution in [0, 0.1) is 6.92 Å². The van der Waals surface area contributed by atoms with Crippen LogP contribution in [0.15, 0.2) is 89.3 Å². The zero-order chi connectivity index (χ0) is 22.8. The molecule has 1 atom stereocenters. The largest absolute Gasteiger partial charge is 0.343 e. The minimum Gasteiger partial charge on any atom is -0.343 e.